The Labute approximate surface area is 109 Å². The highest BCUT2D eigenvalue weighted by Gasteiger charge is 2.02. The number of hydrogen-bond acceptors (Lipinski definition) is 3. The lowest BCUT2D eigenvalue weighted by atomic mass is 10.1. The summed E-state index contributed by atoms with van der Waals surface area (Å²) in [7, 11) is 0. The molecule has 0 fully saturated rings. The summed E-state index contributed by atoms with van der Waals surface area (Å²) in [5, 5.41) is 2.17. The average molecular weight is 252 g/mol. The first-order valence-electron chi connectivity index (χ1n) is 5.97. The summed E-state index contributed by atoms with van der Waals surface area (Å²) in [4.78, 5) is 17.7. The molecule has 1 aromatic heterocycles. The number of hydrogen-bond donors (Lipinski definition) is 1. The minimum atomic E-state index is -0.175. The maximum atomic E-state index is 11.2. The van der Waals surface area contributed by atoms with Gasteiger partial charge in [-0.3, -0.25) is 4.79 Å². The third-order valence-electron chi connectivity index (χ3n) is 2.86. The van der Waals surface area contributed by atoms with E-state index in [1.165, 1.54) is 12.4 Å². The predicted molar refractivity (Wildman–Crippen MR) is 73.1 cm³/mol. The van der Waals surface area contributed by atoms with Crippen molar-refractivity contribution >= 4 is 10.8 Å². The number of fused-ring (bicyclic) bond motifs is 1. The van der Waals surface area contributed by atoms with Crippen molar-refractivity contribution in [3.05, 3.63) is 70.9 Å². The Hall–Kier alpha value is -2.62. The largest absolute Gasteiger partial charge is 0.487 e. The lowest BCUT2D eigenvalue weighted by Gasteiger charge is -2.08. The third-order valence-corrected chi connectivity index (χ3v) is 2.86. The summed E-state index contributed by atoms with van der Waals surface area (Å²) in [6, 6.07) is 15.3. The number of nitrogens with one attached hydrogen (secondary N) is 1. The minimum absolute atomic E-state index is 0.175. The highest BCUT2D eigenvalue weighted by molar-refractivity contribution is 5.88. The molecule has 0 aliphatic rings. The predicted octanol–water partition coefficient (Wildman–Crippen LogP) is 2.50. The van der Waals surface area contributed by atoms with Crippen LogP contribution in [0.2, 0.25) is 0 Å². The molecule has 0 saturated carbocycles. The summed E-state index contributed by atoms with van der Waals surface area (Å²) in [6.45, 7) is 0.276. The molecule has 0 saturated heterocycles. The Balaban J connectivity index is 1.88. The highest BCUT2D eigenvalue weighted by Crippen LogP contribution is 2.25. The van der Waals surface area contributed by atoms with E-state index < -0.39 is 0 Å². The number of nitrogens with zero attached hydrogens (tertiary/aromatic N) is 1. The minimum Gasteiger partial charge on any atom is -0.487 e. The van der Waals surface area contributed by atoms with Gasteiger partial charge in [0.15, 0.2) is 0 Å². The van der Waals surface area contributed by atoms with E-state index in [0.717, 1.165) is 16.5 Å². The van der Waals surface area contributed by atoms with E-state index in [4.69, 9.17) is 4.74 Å². The van der Waals surface area contributed by atoms with Gasteiger partial charge >= 0.3 is 0 Å². The summed E-state index contributed by atoms with van der Waals surface area (Å²) >= 11 is 0. The van der Waals surface area contributed by atoms with Gasteiger partial charge in [0.25, 0.3) is 5.56 Å². The molecular formula is C15H12N2O2. The topological polar surface area (TPSA) is 55.0 Å². The molecule has 0 bridgehead atoms. The molecule has 3 aromatic rings. The van der Waals surface area contributed by atoms with Crippen molar-refractivity contribution in [3.63, 3.8) is 0 Å². The molecule has 1 N–H and O–H groups in total. The van der Waals surface area contributed by atoms with Gasteiger partial charge in [-0.25, -0.2) is 4.98 Å². The van der Waals surface area contributed by atoms with Crippen LogP contribution >= 0.6 is 0 Å². The van der Waals surface area contributed by atoms with Gasteiger partial charge < -0.3 is 9.72 Å². The van der Waals surface area contributed by atoms with Crippen molar-refractivity contribution in [3.8, 4) is 5.75 Å². The van der Waals surface area contributed by atoms with Crippen LogP contribution < -0.4 is 10.3 Å². The first kappa shape index (κ1) is 11.5. The number of aromatic amines is 1. The molecule has 0 atom stereocenters. The molecule has 0 amide bonds. The summed E-state index contributed by atoms with van der Waals surface area (Å²) in [6.07, 6.45) is 1.38. The number of benzene rings is 2. The second kappa shape index (κ2) is 4.94. The molecular weight excluding hydrogens is 240 g/mol. The van der Waals surface area contributed by atoms with Gasteiger partial charge in [0, 0.05) is 11.5 Å². The molecule has 4 heteroatoms. The second-order valence-corrected chi connectivity index (χ2v) is 4.17. The number of rotatable bonds is 3. The quantitative estimate of drug-likeness (QED) is 0.779. The van der Waals surface area contributed by atoms with Gasteiger partial charge in [0.2, 0.25) is 0 Å². The highest BCUT2D eigenvalue weighted by atomic mass is 16.5. The van der Waals surface area contributed by atoms with Crippen LogP contribution in [0.5, 0.6) is 5.75 Å². The molecule has 4 nitrogen and oxygen atoms in total. The maximum Gasteiger partial charge on any atom is 0.251 e. The summed E-state index contributed by atoms with van der Waals surface area (Å²) in [5.41, 5.74) is 0.434. The first-order chi connectivity index (χ1) is 9.33. The van der Waals surface area contributed by atoms with E-state index in [0.29, 0.717) is 5.69 Å². The van der Waals surface area contributed by atoms with Crippen LogP contribution in [0, 0.1) is 0 Å². The van der Waals surface area contributed by atoms with Crippen molar-refractivity contribution in [1.29, 1.82) is 0 Å². The van der Waals surface area contributed by atoms with E-state index in [1.807, 2.05) is 42.5 Å². The van der Waals surface area contributed by atoms with Crippen LogP contribution in [0.25, 0.3) is 10.8 Å². The van der Waals surface area contributed by atoms with Crippen LogP contribution in [0.4, 0.5) is 0 Å². The standard InChI is InChI=1S/C15H12N2O2/c18-15-8-12(16-10-17-15)9-19-14-7-3-5-11-4-1-2-6-13(11)14/h1-8,10H,9H2,(H,16,17,18). The van der Waals surface area contributed by atoms with Crippen molar-refractivity contribution < 1.29 is 4.74 Å². The lowest BCUT2D eigenvalue weighted by molar-refractivity contribution is 0.304. The zero-order valence-electron chi connectivity index (χ0n) is 10.2. The molecule has 0 aliphatic heterocycles. The molecule has 0 spiro atoms. The molecule has 0 unspecified atom stereocenters. The molecule has 2 aromatic carbocycles. The van der Waals surface area contributed by atoms with E-state index in [2.05, 4.69) is 9.97 Å². The Morgan fingerprint density at radius 1 is 1.11 bits per heavy atom. The molecule has 0 radical (unpaired) electrons. The zero-order valence-corrected chi connectivity index (χ0v) is 10.2. The normalized spacial score (nSPS) is 10.5. The molecule has 94 valence electrons. The van der Waals surface area contributed by atoms with Crippen molar-refractivity contribution in [1.82, 2.24) is 9.97 Å². The smallest absolute Gasteiger partial charge is 0.251 e. The van der Waals surface area contributed by atoms with E-state index >= 15 is 0 Å². The summed E-state index contributed by atoms with van der Waals surface area (Å²) in [5.74, 6) is 0.792. The summed E-state index contributed by atoms with van der Waals surface area (Å²) < 4.78 is 5.75. The molecule has 1 heterocycles. The lowest BCUT2D eigenvalue weighted by Crippen LogP contribution is -2.08. The van der Waals surface area contributed by atoms with Gasteiger partial charge in [-0.2, -0.15) is 0 Å². The Morgan fingerprint density at radius 2 is 1.95 bits per heavy atom. The van der Waals surface area contributed by atoms with Gasteiger partial charge in [-0.1, -0.05) is 36.4 Å². The van der Waals surface area contributed by atoms with E-state index in [1.54, 1.807) is 0 Å². The Bertz CT molecular complexity index is 760. The van der Waals surface area contributed by atoms with Crippen molar-refractivity contribution in [2.45, 2.75) is 6.61 Å². The van der Waals surface area contributed by atoms with Gasteiger partial charge in [-0.05, 0) is 11.5 Å². The SMILES string of the molecule is O=c1cc(COc2cccc3ccccc23)nc[nH]1. The fourth-order valence-corrected chi connectivity index (χ4v) is 1.96. The van der Waals surface area contributed by atoms with E-state index in [9.17, 15) is 4.79 Å². The number of H-pyrrole nitrogens is 1. The monoisotopic (exact) mass is 252 g/mol. The fraction of sp³-hybridized carbons (Fsp3) is 0.0667. The van der Waals surface area contributed by atoms with Crippen LogP contribution in [-0.4, -0.2) is 9.97 Å². The number of aromatic nitrogens is 2. The van der Waals surface area contributed by atoms with Gasteiger partial charge in [0.1, 0.15) is 12.4 Å². The van der Waals surface area contributed by atoms with Gasteiger partial charge in [0.05, 0.1) is 12.0 Å². The van der Waals surface area contributed by atoms with Crippen molar-refractivity contribution in [2.75, 3.05) is 0 Å². The van der Waals surface area contributed by atoms with Crippen molar-refractivity contribution in [2.24, 2.45) is 0 Å². The molecule has 3 rings (SSSR count). The Kier molecular flexibility index (Phi) is 2.98. The zero-order chi connectivity index (χ0) is 13.1. The van der Waals surface area contributed by atoms with Crippen LogP contribution in [0.1, 0.15) is 5.69 Å². The van der Waals surface area contributed by atoms with Gasteiger partial charge in [-0.15, -0.1) is 0 Å². The molecule has 0 aliphatic carbocycles. The fourth-order valence-electron chi connectivity index (χ4n) is 1.96. The van der Waals surface area contributed by atoms with Crippen LogP contribution in [-0.2, 0) is 6.61 Å². The average Bonchev–Trinajstić information content (AvgIpc) is 2.45. The van der Waals surface area contributed by atoms with Crippen LogP contribution in [0.15, 0.2) is 59.7 Å². The maximum absolute atomic E-state index is 11.2. The van der Waals surface area contributed by atoms with E-state index in [-0.39, 0.29) is 12.2 Å². The third kappa shape index (κ3) is 2.47. The first-order valence-corrected chi connectivity index (χ1v) is 5.97. The Morgan fingerprint density at radius 3 is 2.84 bits per heavy atom. The van der Waals surface area contributed by atoms with Crippen LogP contribution in [0.3, 0.4) is 0 Å². The molecule has 19 heavy (non-hydrogen) atoms. The second-order valence-electron chi connectivity index (χ2n) is 4.17. The number of ether oxygens (including phenoxy) is 1.